The number of likely N-dealkylation sites (tertiary alicyclic amines) is 1. The Bertz CT molecular complexity index is 814. The van der Waals surface area contributed by atoms with Crippen molar-refractivity contribution < 1.29 is 9.72 Å². The number of hydrogen-bond donors (Lipinski definition) is 0. The molecule has 1 fully saturated rings. The molecule has 1 saturated heterocycles. The minimum Gasteiger partial charge on any atom is -0.328 e. The van der Waals surface area contributed by atoms with Crippen molar-refractivity contribution >= 4 is 23.2 Å². The summed E-state index contributed by atoms with van der Waals surface area (Å²) in [6, 6.07) is -0.315. The molecule has 1 aliphatic rings. The van der Waals surface area contributed by atoms with Crippen LogP contribution in [-0.2, 0) is 14.1 Å². The average Bonchev–Trinajstić information content (AvgIpc) is 2.99. The molecule has 0 aliphatic carbocycles. The molecule has 9 nitrogen and oxygen atoms in total. The number of rotatable bonds is 3. The molecule has 0 bridgehead atoms. The number of halogens is 1. The van der Waals surface area contributed by atoms with E-state index < -0.39 is 10.8 Å². The second-order valence-corrected chi connectivity index (χ2v) is 6.60. The Morgan fingerprint density at radius 2 is 1.96 bits per heavy atom. The molecular weight excluding hydrogens is 348 g/mol. The van der Waals surface area contributed by atoms with Crippen molar-refractivity contribution in [2.45, 2.75) is 31.7 Å². The van der Waals surface area contributed by atoms with Crippen molar-refractivity contribution in [1.29, 1.82) is 0 Å². The van der Waals surface area contributed by atoms with Crippen LogP contribution in [0.3, 0.4) is 0 Å². The van der Waals surface area contributed by atoms with Crippen molar-refractivity contribution in [2.75, 3.05) is 6.54 Å². The fraction of sp³-hybridized carbons (Fsp3) is 0.533. The first kappa shape index (κ1) is 17.4. The summed E-state index contributed by atoms with van der Waals surface area (Å²) < 4.78 is 2.89. The van der Waals surface area contributed by atoms with Crippen LogP contribution < -0.4 is 0 Å². The van der Waals surface area contributed by atoms with Crippen molar-refractivity contribution in [3.05, 3.63) is 38.9 Å². The quantitative estimate of drug-likeness (QED) is 0.613. The minimum atomic E-state index is -0.583. The van der Waals surface area contributed by atoms with Crippen LogP contribution in [0.4, 0.5) is 5.69 Å². The van der Waals surface area contributed by atoms with Gasteiger partial charge in [0.2, 0.25) is 5.69 Å². The van der Waals surface area contributed by atoms with E-state index in [4.69, 9.17) is 11.6 Å². The second-order valence-electron chi connectivity index (χ2n) is 6.19. The molecule has 0 saturated carbocycles. The third kappa shape index (κ3) is 3.37. The predicted molar refractivity (Wildman–Crippen MR) is 90.3 cm³/mol. The molecule has 1 atom stereocenters. The lowest BCUT2D eigenvalue weighted by atomic mass is 10.1. The lowest BCUT2D eigenvalue weighted by Gasteiger charge is -2.28. The fourth-order valence-electron chi connectivity index (χ4n) is 3.24. The van der Waals surface area contributed by atoms with Gasteiger partial charge in [-0.3, -0.25) is 24.3 Å². The number of nitro groups is 1. The normalized spacial score (nSPS) is 18.2. The van der Waals surface area contributed by atoms with E-state index in [9.17, 15) is 14.9 Å². The Labute approximate surface area is 149 Å². The molecule has 3 heterocycles. The zero-order chi connectivity index (χ0) is 18.1. The first-order chi connectivity index (χ1) is 11.9. The van der Waals surface area contributed by atoms with Gasteiger partial charge in [0, 0.05) is 26.8 Å². The molecule has 10 heteroatoms. The zero-order valence-electron chi connectivity index (χ0n) is 14.1. The van der Waals surface area contributed by atoms with E-state index in [1.165, 1.54) is 10.9 Å². The topological polar surface area (TPSA) is 99.1 Å². The number of amides is 1. The van der Waals surface area contributed by atoms with Gasteiger partial charge < -0.3 is 4.90 Å². The number of hydrogen-bond acceptors (Lipinski definition) is 5. The van der Waals surface area contributed by atoms with Gasteiger partial charge in [-0.05, 0) is 12.8 Å². The molecule has 3 rings (SSSR count). The summed E-state index contributed by atoms with van der Waals surface area (Å²) in [4.78, 5) is 25.3. The van der Waals surface area contributed by atoms with E-state index in [1.54, 1.807) is 29.9 Å². The van der Waals surface area contributed by atoms with E-state index in [0.29, 0.717) is 23.7 Å². The van der Waals surface area contributed by atoms with Crippen LogP contribution >= 0.6 is 11.6 Å². The van der Waals surface area contributed by atoms with Gasteiger partial charge in [0.15, 0.2) is 0 Å². The molecular formula is C15H19ClN6O3. The summed E-state index contributed by atoms with van der Waals surface area (Å²) in [6.45, 7) is 0.490. The molecule has 25 heavy (non-hydrogen) atoms. The van der Waals surface area contributed by atoms with E-state index in [2.05, 4.69) is 10.2 Å². The molecule has 0 spiro atoms. The van der Waals surface area contributed by atoms with Gasteiger partial charge in [0.1, 0.15) is 11.9 Å². The van der Waals surface area contributed by atoms with E-state index in [-0.39, 0.29) is 17.4 Å². The smallest absolute Gasteiger partial charge is 0.320 e. The van der Waals surface area contributed by atoms with Gasteiger partial charge in [0.05, 0.1) is 16.0 Å². The number of nitrogens with zero attached hydrogens (tertiary/aromatic N) is 6. The third-order valence-corrected chi connectivity index (χ3v) is 4.64. The summed E-state index contributed by atoms with van der Waals surface area (Å²) in [5, 5.41) is 20.1. The standard InChI is InChI=1S/C15H19ClN6O3/c1-19-8-10(16)13(17-19)11-6-4-3-5-7-21(11)15(23)14-12(22(24)25)9-20(2)18-14/h8-9,11H,3-7H2,1-2H3/t11-/m0/s1. The molecule has 1 amide bonds. The monoisotopic (exact) mass is 366 g/mol. The van der Waals surface area contributed by atoms with Crippen LogP contribution in [0.15, 0.2) is 12.4 Å². The molecule has 134 valence electrons. The fourth-order valence-corrected chi connectivity index (χ4v) is 3.54. The summed E-state index contributed by atoms with van der Waals surface area (Å²) in [6.07, 6.45) is 6.39. The Hall–Kier alpha value is -2.42. The first-order valence-electron chi connectivity index (χ1n) is 8.06. The van der Waals surface area contributed by atoms with Crippen molar-refractivity contribution in [1.82, 2.24) is 24.5 Å². The largest absolute Gasteiger partial charge is 0.328 e. The number of carbonyl (C=O) groups excluding carboxylic acids is 1. The van der Waals surface area contributed by atoms with Crippen LogP contribution in [-0.4, -0.2) is 41.8 Å². The predicted octanol–water partition coefficient (Wildman–Crippen LogP) is 2.47. The van der Waals surface area contributed by atoms with Gasteiger partial charge in [-0.15, -0.1) is 0 Å². The lowest BCUT2D eigenvalue weighted by Crippen LogP contribution is -2.36. The average molecular weight is 367 g/mol. The van der Waals surface area contributed by atoms with Gasteiger partial charge in [-0.1, -0.05) is 24.4 Å². The zero-order valence-corrected chi connectivity index (χ0v) is 14.8. The van der Waals surface area contributed by atoms with E-state index in [0.717, 1.165) is 19.3 Å². The summed E-state index contributed by atoms with van der Waals surface area (Å²) in [5.41, 5.74) is 0.187. The van der Waals surface area contributed by atoms with E-state index >= 15 is 0 Å². The molecule has 0 radical (unpaired) electrons. The maximum atomic E-state index is 13.1. The second kappa shape index (κ2) is 6.83. The Kier molecular flexibility index (Phi) is 4.76. The number of aromatic nitrogens is 4. The van der Waals surface area contributed by atoms with Crippen molar-refractivity contribution in [2.24, 2.45) is 14.1 Å². The molecule has 2 aromatic heterocycles. The molecule has 0 unspecified atom stereocenters. The molecule has 1 aliphatic heterocycles. The minimum absolute atomic E-state index is 0.147. The van der Waals surface area contributed by atoms with Crippen LogP contribution in [0, 0.1) is 10.1 Å². The van der Waals surface area contributed by atoms with Gasteiger partial charge >= 0.3 is 5.69 Å². The summed E-state index contributed by atoms with van der Waals surface area (Å²) in [5.74, 6) is -0.457. The van der Waals surface area contributed by atoms with Crippen molar-refractivity contribution in [3.63, 3.8) is 0 Å². The summed E-state index contributed by atoms with van der Waals surface area (Å²) in [7, 11) is 3.32. The van der Waals surface area contributed by atoms with E-state index in [1.807, 2.05) is 0 Å². The third-order valence-electron chi connectivity index (χ3n) is 4.35. The SMILES string of the molecule is Cn1cc([N+](=O)[O-])c(C(=O)N2CCCCC[C@H]2c2nn(C)cc2Cl)n1. The van der Waals surface area contributed by atoms with Crippen LogP contribution in [0.25, 0.3) is 0 Å². The maximum absolute atomic E-state index is 13.1. The highest BCUT2D eigenvalue weighted by molar-refractivity contribution is 6.31. The van der Waals surface area contributed by atoms with Crippen LogP contribution in [0.2, 0.25) is 5.02 Å². The number of aryl methyl sites for hydroxylation is 2. The molecule has 0 N–H and O–H groups in total. The van der Waals surface area contributed by atoms with Gasteiger partial charge in [-0.2, -0.15) is 10.2 Å². The molecule has 2 aromatic rings. The van der Waals surface area contributed by atoms with Gasteiger partial charge in [0.25, 0.3) is 5.91 Å². The Morgan fingerprint density at radius 3 is 2.60 bits per heavy atom. The highest BCUT2D eigenvalue weighted by Gasteiger charge is 2.35. The summed E-state index contributed by atoms with van der Waals surface area (Å²) >= 11 is 6.28. The van der Waals surface area contributed by atoms with Gasteiger partial charge in [-0.25, -0.2) is 0 Å². The maximum Gasteiger partial charge on any atom is 0.320 e. The highest BCUT2D eigenvalue weighted by Crippen LogP contribution is 2.34. The Morgan fingerprint density at radius 1 is 1.24 bits per heavy atom. The lowest BCUT2D eigenvalue weighted by molar-refractivity contribution is -0.385. The van der Waals surface area contributed by atoms with Crippen LogP contribution in [0.1, 0.15) is 47.9 Å². The van der Waals surface area contributed by atoms with Crippen molar-refractivity contribution in [3.8, 4) is 0 Å². The van der Waals surface area contributed by atoms with Crippen LogP contribution in [0.5, 0.6) is 0 Å². The Balaban J connectivity index is 2.01. The highest BCUT2D eigenvalue weighted by atomic mass is 35.5. The number of carbonyl (C=O) groups is 1. The molecule has 0 aromatic carbocycles. The first-order valence-corrected chi connectivity index (χ1v) is 8.44.